The second-order valence-electron chi connectivity index (χ2n) is 4.99. The summed E-state index contributed by atoms with van der Waals surface area (Å²) < 4.78 is 0. The average molecular weight is 248 g/mol. The lowest BCUT2D eigenvalue weighted by Crippen LogP contribution is -2.61. The Hall–Kier alpha value is -1.39. The van der Waals surface area contributed by atoms with E-state index in [1.54, 1.807) is 4.90 Å². The zero-order valence-corrected chi connectivity index (χ0v) is 11.1. The molecule has 2 atom stereocenters. The van der Waals surface area contributed by atoms with Crippen LogP contribution in [0.4, 0.5) is 5.69 Å². The maximum absolute atomic E-state index is 12.3. The standard InChI is InChI=1S/C14H20N2O2/c1-9-4-5-13(10(2)6-9)16-11(3)7-15-12(8-17)14(16)18/h4-6,11-12,15,17H,7-8H2,1-3H3. The molecule has 2 rings (SSSR count). The molecule has 1 fully saturated rings. The molecule has 1 amide bonds. The van der Waals surface area contributed by atoms with Crippen LogP contribution in [0.2, 0.25) is 0 Å². The second-order valence-corrected chi connectivity index (χ2v) is 4.99. The first kappa shape index (κ1) is 13.1. The molecule has 0 saturated carbocycles. The van der Waals surface area contributed by atoms with Crippen molar-refractivity contribution in [2.24, 2.45) is 0 Å². The van der Waals surface area contributed by atoms with Gasteiger partial charge in [-0.05, 0) is 32.4 Å². The van der Waals surface area contributed by atoms with Crippen LogP contribution < -0.4 is 10.2 Å². The molecular weight excluding hydrogens is 228 g/mol. The SMILES string of the molecule is Cc1ccc(N2C(=O)C(CO)NCC2C)c(C)c1. The highest BCUT2D eigenvalue weighted by Crippen LogP contribution is 2.25. The number of nitrogens with one attached hydrogen (secondary N) is 1. The van der Waals surface area contributed by atoms with E-state index in [1.807, 2.05) is 32.9 Å². The van der Waals surface area contributed by atoms with Crippen molar-refractivity contribution in [3.8, 4) is 0 Å². The molecule has 1 heterocycles. The van der Waals surface area contributed by atoms with Crippen LogP contribution in [0.3, 0.4) is 0 Å². The van der Waals surface area contributed by atoms with Crippen molar-refractivity contribution in [2.45, 2.75) is 32.9 Å². The molecule has 98 valence electrons. The van der Waals surface area contributed by atoms with Crippen LogP contribution >= 0.6 is 0 Å². The fraction of sp³-hybridized carbons (Fsp3) is 0.500. The topological polar surface area (TPSA) is 52.6 Å². The number of rotatable bonds is 2. The summed E-state index contributed by atoms with van der Waals surface area (Å²) in [5.41, 5.74) is 3.22. The van der Waals surface area contributed by atoms with E-state index in [4.69, 9.17) is 0 Å². The number of aryl methyl sites for hydroxylation is 2. The molecule has 18 heavy (non-hydrogen) atoms. The predicted molar refractivity (Wildman–Crippen MR) is 71.7 cm³/mol. The smallest absolute Gasteiger partial charge is 0.246 e. The van der Waals surface area contributed by atoms with E-state index in [0.29, 0.717) is 6.54 Å². The van der Waals surface area contributed by atoms with Crippen LogP contribution in [0, 0.1) is 13.8 Å². The summed E-state index contributed by atoms with van der Waals surface area (Å²) in [5.74, 6) is -0.0526. The molecule has 0 spiro atoms. The number of hydrogen-bond donors (Lipinski definition) is 2. The number of hydrogen-bond acceptors (Lipinski definition) is 3. The number of piperazine rings is 1. The van der Waals surface area contributed by atoms with Gasteiger partial charge >= 0.3 is 0 Å². The predicted octanol–water partition coefficient (Wildman–Crippen LogP) is 0.989. The van der Waals surface area contributed by atoms with Gasteiger partial charge in [0.15, 0.2) is 0 Å². The quantitative estimate of drug-likeness (QED) is 0.820. The Labute approximate surface area is 108 Å². The Morgan fingerprint density at radius 2 is 2.17 bits per heavy atom. The number of benzene rings is 1. The van der Waals surface area contributed by atoms with Crippen molar-refractivity contribution < 1.29 is 9.90 Å². The maximum Gasteiger partial charge on any atom is 0.246 e. The largest absolute Gasteiger partial charge is 0.394 e. The fourth-order valence-electron chi connectivity index (χ4n) is 2.45. The minimum atomic E-state index is -0.484. The van der Waals surface area contributed by atoms with E-state index in [-0.39, 0.29) is 18.6 Å². The molecule has 1 saturated heterocycles. The molecule has 0 bridgehead atoms. The summed E-state index contributed by atoms with van der Waals surface area (Å²) in [6, 6.07) is 5.69. The third-order valence-electron chi connectivity index (χ3n) is 3.43. The molecule has 2 unspecified atom stereocenters. The van der Waals surface area contributed by atoms with Crippen LogP contribution in [0.5, 0.6) is 0 Å². The Bertz CT molecular complexity index is 459. The summed E-state index contributed by atoms with van der Waals surface area (Å²) in [7, 11) is 0. The van der Waals surface area contributed by atoms with Crippen molar-refractivity contribution in [2.75, 3.05) is 18.1 Å². The molecule has 4 heteroatoms. The van der Waals surface area contributed by atoms with Crippen LogP contribution in [0.15, 0.2) is 18.2 Å². The highest BCUT2D eigenvalue weighted by atomic mass is 16.3. The average Bonchev–Trinajstić information content (AvgIpc) is 2.32. The van der Waals surface area contributed by atoms with Gasteiger partial charge < -0.3 is 15.3 Å². The molecular formula is C14H20N2O2. The van der Waals surface area contributed by atoms with Gasteiger partial charge in [-0.25, -0.2) is 0 Å². The van der Waals surface area contributed by atoms with Gasteiger partial charge in [0.2, 0.25) is 5.91 Å². The number of anilines is 1. The number of amides is 1. The van der Waals surface area contributed by atoms with Crippen molar-refractivity contribution in [1.82, 2.24) is 5.32 Å². The summed E-state index contributed by atoms with van der Waals surface area (Å²) in [4.78, 5) is 14.1. The van der Waals surface area contributed by atoms with Crippen LogP contribution in [0.25, 0.3) is 0 Å². The van der Waals surface area contributed by atoms with E-state index >= 15 is 0 Å². The lowest BCUT2D eigenvalue weighted by atomic mass is 10.0. The molecule has 0 radical (unpaired) electrons. The molecule has 1 aliphatic heterocycles. The van der Waals surface area contributed by atoms with Crippen LogP contribution in [-0.4, -0.2) is 36.2 Å². The summed E-state index contributed by atoms with van der Waals surface area (Å²) in [6.07, 6.45) is 0. The van der Waals surface area contributed by atoms with Gasteiger partial charge in [-0.2, -0.15) is 0 Å². The molecule has 1 aromatic rings. The Balaban J connectivity index is 2.37. The van der Waals surface area contributed by atoms with E-state index in [1.165, 1.54) is 5.56 Å². The first-order valence-electron chi connectivity index (χ1n) is 6.29. The Morgan fingerprint density at radius 1 is 1.44 bits per heavy atom. The number of aliphatic hydroxyl groups is 1. The van der Waals surface area contributed by atoms with Crippen LogP contribution in [0.1, 0.15) is 18.1 Å². The Morgan fingerprint density at radius 3 is 2.78 bits per heavy atom. The third kappa shape index (κ3) is 2.26. The molecule has 0 aromatic heterocycles. The van der Waals surface area contributed by atoms with E-state index in [2.05, 4.69) is 11.4 Å². The molecule has 1 aliphatic rings. The third-order valence-corrected chi connectivity index (χ3v) is 3.43. The highest BCUT2D eigenvalue weighted by Gasteiger charge is 2.33. The fourth-order valence-corrected chi connectivity index (χ4v) is 2.45. The number of carbonyl (C=O) groups is 1. The van der Waals surface area contributed by atoms with Crippen LogP contribution in [-0.2, 0) is 4.79 Å². The molecule has 0 aliphatic carbocycles. The second kappa shape index (κ2) is 5.08. The zero-order chi connectivity index (χ0) is 13.3. The van der Waals surface area contributed by atoms with Crippen molar-refractivity contribution >= 4 is 11.6 Å². The number of aliphatic hydroxyl groups excluding tert-OH is 1. The lowest BCUT2D eigenvalue weighted by molar-refractivity contribution is -0.123. The van der Waals surface area contributed by atoms with Crippen molar-refractivity contribution in [1.29, 1.82) is 0 Å². The highest BCUT2D eigenvalue weighted by molar-refractivity contribution is 5.99. The first-order chi connectivity index (χ1) is 8.54. The normalized spacial score (nSPS) is 24.4. The first-order valence-corrected chi connectivity index (χ1v) is 6.29. The number of nitrogens with zero attached hydrogens (tertiary/aromatic N) is 1. The van der Waals surface area contributed by atoms with E-state index in [0.717, 1.165) is 11.3 Å². The molecule has 4 nitrogen and oxygen atoms in total. The van der Waals surface area contributed by atoms with Gasteiger partial charge in [-0.1, -0.05) is 17.7 Å². The van der Waals surface area contributed by atoms with E-state index in [9.17, 15) is 9.90 Å². The summed E-state index contributed by atoms with van der Waals surface area (Å²) in [5, 5.41) is 12.3. The van der Waals surface area contributed by atoms with Gasteiger partial charge in [-0.3, -0.25) is 4.79 Å². The van der Waals surface area contributed by atoms with Crippen molar-refractivity contribution in [3.63, 3.8) is 0 Å². The minimum absolute atomic E-state index is 0.0526. The van der Waals surface area contributed by atoms with Gasteiger partial charge in [0.05, 0.1) is 6.61 Å². The zero-order valence-electron chi connectivity index (χ0n) is 11.1. The van der Waals surface area contributed by atoms with E-state index < -0.39 is 6.04 Å². The molecule has 2 N–H and O–H groups in total. The van der Waals surface area contributed by atoms with Crippen molar-refractivity contribution in [3.05, 3.63) is 29.3 Å². The Kier molecular flexibility index (Phi) is 3.68. The lowest BCUT2D eigenvalue weighted by Gasteiger charge is -2.38. The summed E-state index contributed by atoms with van der Waals surface area (Å²) in [6.45, 7) is 6.60. The monoisotopic (exact) mass is 248 g/mol. The van der Waals surface area contributed by atoms with Gasteiger partial charge in [-0.15, -0.1) is 0 Å². The summed E-state index contributed by atoms with van der Waals surface area (Å²) >= 11 is 0. The van der Waals surface area contributed by atoms with Gasteiger partial charge in [0, 0.05) is 18.3 Å². The molecule has 1 aromatic carbocycles. The maximum atomic E-state index is 12.3. The minimum Gasteiger partial charge on any atom is -0.394 e. The van der Waals surface area contributed by atoms with Gasteiger partial charge in [0.1, 0.15) is 6.04 Å². The van der Waals surface area contributed by atoms with Gasteiger partial charge in [0.25, 0.3) is 0 Å². The number of carbonyl (C=O) groups excluding carboxylic acids is 1.